The minimum absolute atomic E-state index is 0.198. The lowest BCUT2D eigenvalue weighted by atomic mass is 10.2. The van der Waals surface area contributed by atoms with E-state index < -0.39 is 11.8 Å². The number of hydrogen-bond donors (Lipinski definition) is 2. The number of hydrogen-bond acceptors (Lipinski definition) is 5. The third-order valence-corrected chi connectivity index (χ3v) is 3.10. The van der Waals surface area contributed by atoms with Crippen LogP contribution in [0.5, 0.6) is 11.5 Å². The van der Waals surface area contributed by atoms with Gasteiger partial charge in [-0.1, -0.05) is 18.2 Å². The van der Waals surface area contributed by atoms with E-state index in [-0.39, 0.29) is 6.61 Å². The summed E-state index contributed by atoms with van der Waals surface area (Å²) in [6.07, 6.45) is 0. The largest absolute Gasteiger partial charge is 0.491 e. The van der Waals surface area contributed by atoms with Gasteiger partial charge in [0.05, 0.1) is 6.61 Å². The molecular formula is C18H20N2O5. The molecule has 2 rings (SSSR count). The lowest BCUT2D eigenvalue weighted by Gasteiger charge is -2.09. The van der Waals surface area contributed by atoms with Gasteiger partial charge in [-0.2, -0.15) is 0 Å². The third kappa shape index (κ3) is 6.52. The zero-order valence-corrected chi connectivity index (χ0v) is 13.9. The Labute approximate surface area is 145 Å². The molecule has 7 heteroatoms. The quantitative estimate of drug-likeness (QED) is 0.561. The molecule has 0 aliphatic carbocycles. The van der Waals surface area contributed by atoms with E-state index in [9.17, 15) is 9.59 Å². The highest BCUT2D eigenvalue weighted by Crippen LogP contribution is 2.12. The van der Waals surface area contributed by atoms with Gasteiger partial charge in [-0.3, -0.25) is 20.4 Å². The Morgan fingerprint density at radius 3 is 2.20 bits per heavy atom. The normalized spacial score (nSPS) is 9.96. The first-order valence-corrected chi connectivity index (χ1v) is 7.68. The van der Waals surface area contributed by atoms with Crippen molar-refractivity contribution in [3.63, 3.8) is 0 Å². The monoisotopic (exact) mass is 344 g/mol. The highest BCUT2D eigenvalue weighted by molar-refractivity contribution is 5.95. The number of benzene rings is 2. The molecule has 0 spiro atoms. The van der Waals surface area contributed by atoms with Gasteiger partial charge in [0.25, 0.3) is 11.8 Å². The Bertz CT molecular complexity index is 674. The number of amides is 2. The van der Waals surface area contributed by atoms with Gasteiger partial charge in [-0.05, 0) is 36.4 Å². The highest BCUT2D eigenvalue weighted by Gasteiger charge is 2.08. The molecule has 0 aliphatic heterocycles. The molecule has 0 saturated heterocycles. The summed E-state index contributed by atoms with van der Waals surface area (Å²) >= 11 is 0. The fourth-order valence-corrected chi connectivity index (χ4v) is 1.85. The average molecular weight is 344 g/mol. The Balaban J connectivity index is 1.72. The van der Waals surface area contributed by atoms with Gasteiger partial charge in [0.2, 0.25) is 0 Å². The van der Waals surface area contributed by atoms with Crippen LogP contribution in [0.15, 0.2) is 54.6 Å². The number of ether oxygens (including phenoxy) is 3. The molecule has 2 aromatic rings. The molecule has 25 heavy (non-hydrogen) atoms. The molecule has 0 fully saturated rings. The molecule has 0 unspecified atom stereocenters. The van der Waals surface area contributed by atoms with Crippen LogP contribution in [0.1, 0.15) is 10.4 Å². The fraction of sp³-hybridized carbons (Fsp3) is 0.222. The maximum absolute atomic E-state index is 12.0. The highest BCUT2D eigenvalue weighted by atomic mass is 16.5. The van der Waals surface area contributed by atoms with Gasteiger partial charge < -0.3 is 14.2 Å². The maximum Gasteiger partial charge on any atom is 0.276 e. The number of methoxy groups -OCH3 is 1. The number of nitrogens with one attached hydrogen (secondary N) is 2. The molecule has 7 nitrogen and oxygen atoms in total. The summed E-state index contributed by atoms with van der Waals surface area (Å²) in [7, 11) is 1.59. The number of rotatable bonds is 8. The van der Waals surface area contributed by atoms with E-state index in [0.717, 1.165) is 0 Å². The van der Waals surface area contributed by atoms with Crippen molar-refractivity contribution in [1.29, 1.82) is 0 Å². The second-order valence-electron chi connectivity index (χ2n) is 4.97. The van der Waals surface area contributed by atoms with Crippen molar-refractivity contribution in [1.82, 2.24) is 10.9 Å². The van der Waals surface area contributed by atoms with E-state index in [4.69, 9.17) is 14.2 Å². The molecule has 0 aliphatic rings. The molecule has 0 atom stereocenters. The summed E-state index contributed by atoms with van der Waals surface area (Å²) in [6.45, 7) is 0.718. The Kier molecular flexibility index (Phi) is 7.27. The summed E-state index contributed by atoms with van der Waals surface area (Å²) in [5, 5.41) is 0. The van der Waals surface area contributed by atoms with Gasteiger partial charge >= 0.3 is 0 Å². The first kappa shape index (κ1) is 18.3. The Morgan fingerprint density at radius 1 is 0.840 bits per heavy atom. The van der Waals surface area contributed by atoms with Crippen LogP contribution in [-0.2, 0) is 9.53 Å². The summed E-state index contributed by atoms with van der Waals surface area (Å²) < 4.78 is 15.6. The summed E-state index contributed by atoms with van der Waals surface area (Å²) in [4.78, 5) is 23.6. The van der Waals surface area contributed by atoms with Crippen LogP contribution in [0.25, 0.3) is 0 Å². The van der Waals surface area contributed by atoms with E-state index in [1.165, 1.54) is 0 Å². The van der Waals surface area contributed by atoms with Crippen LogP contribution >= 0.6 is 0 Å². The number of carbonyl (C=O) groups excluding carboxylic acids is 2. The summed E-state index contributed by atoms with van der Waals surface area (Å²) in [5.74, 6) is 0.315. The first-order chi connectivity index (χ1) is 12.2. The number of carbonyl (C=O) groups is 2. The van der Waals surface area contributed by atoms with Crippen LogP contribution in [0.3, 0.4) is 0 Å². The number of hydrazine groups is 1. The molecular weight excluding hydrogens is 324 g/mol. The Hall–Kier alpha value is -3.06. The van der Waals surface area contributed by atoms with Crippen LogP contribution in [0.4, 0.5) is 0 Å². The molecule has 2 N–H and O–H groups in total. The van der Waals surface area contributed by atoms with Gasteiger partial charge in [-0.15, -0.1) is 0 Å². The van der Waals surface area contributed by atoms with Crippen LogP contribution < -0.4 is 20.3 Å². The second kappa shape index (κ2) is 9.94. The van der Waals surface area contributed by atoms with Crippen molar-refractivity contribution in [2.45, 2.75) is 0 Å². The smallest absolute Gasteiger partial charge is 0.276 e. The molecule has 0 bridgehead atoms. The molecule has 0 heterocycles. The predicted octanol–water partition coefficient (Wildman–Crippen LogP) is 1.55. The van der Waals surface area contributed by atoms with E-state index in [1.807, 2.05) is 6.07 Å². The molecule has 132 valence electrons. The zero-order chi connectivity index (χ0) is 17.9. The van der Waals surface area contributed by atoms with E-state index in [0.29, 0.717) is 30.3 Å². The molecule has 0 radical (unpaired) electrons. The summed E-state index contributed by atoms with van der Waals surface area (Å²) in [6, 6.07) is 15.5. The maximum atomic E-state index is 12.0. The van der Waals surface area contributed by atoms with E-state index in [2.05, 4.69) is 10.9 Å². The van der Waals surface area contributed by atoms with Gasteiger partial charge in [0, 0.05) is 12.7 Å². The molecule has 0 aromatic heterocycles. The fourth-order valence-electron chi connectivity index (χ4n) is 1.85. The van der Waals surface area contributed by atoms with Crippen molar-refractivity contribution < 1.29 is 23.8 Å². The summed E-state index contributed by atoms with van der Waals surface area (Å²) in [5.41, 5.74) is 5.02. The third-order valence-electron chi connectivity index (χ3n) is 3.10. The van der Waals surface area contributed by atoms with E-state index in [1.54, 1.807) is 55.6 Å². The zero-order valence-electron chi connectivity index (χ0n) is 13.9. The van der Waals surface area contributed by atoms with E-state index >= 15 is 0 Å². The van der Waals surface area contributed by atoms with Crippen molar-refractivity contribution in [3.8, 4) is 11.5 Å². The van der Waals surface area contributed by atoms with Gasteiger partial charge in [0.1, 0.15) is 18.1 Å². The Morgan fingerprint density at radius 2 is 1.52 bits per heavy atom. The van der Waals surface area contributed by atoms with Crippen LogP contribution in [0.2, 0.25) is 0 Å². The SMILES string of the molecule is COCCOc1ccc(C(=O)NNC(=O)COc2ccccc2)cc1. The minimum Gasteiger partial charge on any atom is -0.491 e. The molecule has 2 amide bonds. The second-order valence-corrected chi connectivity index (χ2v) is 4.97. The van der Waals surface area contributed by atoms with Crippen LogP contribution in [0, 0.1) is 0 Å². The lowest BCUT2D eigenvalue weighted by molar-refractivity contribution is -0.123. The van der Waals surface area contributed by atoms with Crippen molar-refractivity contribution in [2.24, 2.45) is 0 Å². The van der Waals surface area contributed by atoms with Crippen LogP contribution in [-0.4, -0.2) is 38.7 Å². The lowest BCUT2D eigenvalue weighted by Crippen LogP contribution is -2.43. The minimum atomic E-state index is -0.461. The molecule has 0 saturated carbocycles. The van der Waals surface area contributed by atoms with Crippen molar-refractivity contribution in [2.75, 3.05) is 26.9 Å². The standard InChI is InChI=1S/C18H20N2O5/c1-23-11-12-24-16-9-7-14(8-10-16)18(22)20-19-17(21)13-25-15-5-3-2-4-6-15/h2-10H,11-13H2,1H3,(H,19,21)(H,20,22). The van der Waals surface area contributed by atoms with Crippen molar-refractivity contribution >= 4 is 11.8 Å². The van der Waals surface area contributed by atoms with Crippen molar-refractivity contribution in [3.05, 3.63) is 60.2 Å². The predicted molar refractivity (Wildman–Crippen MR) is 91.4 cm³/mol. The van der Waals surface area contributed by atoms with Gasteiger partial charge in [0.15, 0.2) is 6.61 Å². The van der Waals surface area contributed by atoms with Gasteiger partial charge in [-0.25, -0.2) is 0 Å². The average Bonchev–Trinajstić information content (AvgIpc) is 2.66. The first-order valence-electron chi connectivity index (χ1n) is 7.68. The number of para-hydroxylation sites is 1. The molecule has 2 aromatic carbocycles. The topological polar surface area (TPSA) is 85.9 Å².